The largest absolute Gasteiger partial charge is 0.467 e. The van der Waals surface area contributed by atoms with Gasteiger partial charge in [0.05, 0.1) is 12.8 Å². The maximum Gasteiger partial charge on any atom is 0.131 e. The van der Waals surface area contributed by atoms with E-state index < -0.39 is 0 Å². The van der Waals surface area contributed by atoms with Gasteiger partial charge in [-0.15, -0.1) is 0 Å². The third kappa shape index (κ3) is 2.21. The molecule has 0 aliphatic rings. The Morgan fingerprint density at radius 3 is 2.60 bits per heavy atom. The molecule has 3 rings (SSSR count). The average Bonchev–Trinajstić information content (AvgIpc) is 2.94. The Morgan fingerprint density at radius 2 is 1.80 bits per heavy atom. The highest BCUT2D eigenvalue weighted by Crippen LogP contribution is 2.32. The molecule has 0 amide bonds. The molecule has 3 heteroatoms. The quantitative estimate of drug-likeness (QED) is 0.761. The van der Waals surface area contributed by atoms with Crippen molar-refractivity contribution in [1.82, 2.24) is 5.32 Å². The molecule has 1 aromatic heterocycles. The van der Waals surface area contributed by atoms with Crippen LogP contribution in [0.25, 0.3) is 21.9 Å². The summed E-state index contributed by atoms with van der Waals surface area (Å²) in [5, 5.41) is 4.80. The Morgan fingerprint density at radius 1 is 1.00 bits per heavy atom. The first-order valence-electron chi connectivity index (χ1n) is 6.76. The summed E-state index contributed by atoms with van der Waals surface area (Å²) in [6, 6.07) is 12.8. The Hall–Kier alpha value is -2.13. The van der Waals surface area contributed by atoms with Crippen molar-refractivity contribution < 1.29 is 8.81 Å². The number of hydrogen-bond acceptors (Lipinski definition) is 2. The van der Waals surface area contributed by atoms with Crippen LogP contribution in [0.2, 0.25) is 0 Å². The lowest BCUT2D eigenvalue weighted by atomic mass is 9.98. The zero-order valence-corrected chi connectivity index (χ0v) is 11.3. The average molecular weight is 269 g/mol. The van der Waals surface area contributed by atoms with Crippen molar-refractivity contribution in [2.24, 2.45) is 0 Å². The molecular formula is C17H16FNO. The van der Waals surface area contributed by atoms with E-state index in [0.29, 0.717) is 11.9 Å². The number of nitrogens with one attached hydrogen (secondary N) is 1. The molecule has 0 spiro atoms. The van der Waals surface area contributed by atoms with Gasteiger partial charge in [0.2, 0.25) is 0 Å². The van der Waals surface area contributed by atoms with Crippen molar-refractivity contribution in [3.8, 4) is 11.1 Å². The minimum Gasteiger partial charge on any atom is -0.467 e. The number of fused-ring (bicyclic) bond motifs is 1. The lowest BCUT2D eigenvalue weighted by molar-refractivity contribution is 0.489. The van der Waals surface area contributed by atoms with E-state index in [0.717, 1.165) is 28.8 Å². The van der Waals surface area contributed by atoms with Crippen molar-refractivity contribution in [1.29, 1.82) is 0 Å². The van der Waals surface area contributed by atoms with E-state index in [1.165, 1.54) is 6.07 Å². The first kappa shape index (κ1) is 12.9. The van der Waals surface area contributed by atoms with E-state index >= 15 is 0 Å². The topological polar surface area (TPSA) is 25.2 Å². The molecule has 0 bridgehead atoms. The molecule has 0 radical (unpaired) electrons. The van der Waals surface area contributed by atoms with Gasteiger partial charge in [-0.25, -0.2) is 4.39 Å². The van der Waals surface area contributed by atoms with Gasteiger partial charge in [-0.3, -0.25) is 0 Å². The molecule has 2 nitrogen and oxygen atoms in total. The molecule has 102 valence electrons. The lowest BCUT2D eigenvalue weighted by Crippen LogP contribution is -2.11. The number of halogens is 1. The lowest BCUT2D eigenvalue weighted by Gasteiger charge is -2.08. The van der Waals surface area contributed by atoms with Gasteiger partial charge < -0.3 is 9.73 Å². The summed E-state index contributed by atoms with van der Waals surface area (Å²) in [5.41, 5.74) is 2.02. The van der Waals surface area contributed by atoms with E-state index in [1.807, 2.05) is 30.3 Å². The van der Waals surface area contributed by atoms with Gasteiger partial charge in [0.1, 0.15) is 11.6 Å². The van der Waals surface area contributed by atoms with Crippen LogP contribution in [0, 0.1) is 5.82 Å². The Bertz CT molecular complexity index is 733. The summed E-state index contributed by atoms with van der Waals surface area (Å²) in [6.45, 7) is 3.60. The van der Waals surface area contributed by atoms with E-state index in [1.54, 1.807) is 12.3 Å². The van der Waals surface area contributed by atoms with E-state index in [4.69, 9.17) is 4.42 Å². The number of rotatable bonds is 4. The maximum absolute atomic E-state index is 13.9. The summed E-state index contributed by atoms with van der Waals surface area (Å²) >= 11 is 0. The van der Waals surface area contributed by atoms with Crippen LogP contribution in [-0.2, 0) is 6.54 Å². The maximum atomic E-state index is 13.9. The fourth-order valence-corrected chi connectivity index (χ4v) is 2.45. The summed E-state index contributed by atoms with van der Waals surface area (Å²) in [4.78, 5) is 0. The standard InChI is InChI=1S/C17H16FNO/c1-2-19-11-17-15(9-10-20-17)13-7-8-16(18)14-6-4-3-5-12(13)14/h3-10,19H,2,11H2,1H3. The van der Waals surface area contributed by atoms with Crippen LogP contribution in [0.1, 0.15) is 12.7 Å². The molecule has 0 fully saturated rings. The highest BCUT2D eigenvalue weighted by atomic mass is 19.1. The second-order valence-corrected chi connectivity index (χ2v) is 4.68. The van der Waals surface area contributed by atoms with Crippen molar-refractivity contribution in [3.63, 3.8) is 0 Å². The fraction of sp³-hybridized carbons (Fsp3) is 0.176. The summed E-state index contributed by atoms with van der Waals surface area (Å²) < 4.78 is 19.4. The van der Waals surface area contributed by atoms with Crippen molar-refractivity contribution in [2.45, 2.75) is 13.5 Å². The monoisotopic (exact) mass is 269 g/mol. The van der Waals surface area contributed by atoms with Gasteiger partial charge >= 0.3 is 0 Å². The predicted octanol–water partition coefficient (Wildman–Crippen LogP) is 4.35. The number of benzene rings is 2. The van der Waals surface area contributed by atoms with Crippen LogP contribution in [0.4, 0.5) is 4.39 Å². The van der Waals surface area contributed by atoms with E-state index in [9.17, 15) is 4.39 Å². The molecule has 3 aromatic rings. The third-order valence-electron chi connectivity index (χ3n) is 3.44. The molecule has 0 unspecified atom stereocenters. The van der Waals surface area contributed by atoms with Crippen LogP contribution in [-0.4, -0.2) is 6.54 Å². The van der Waals surface area contributed by atoms with Gasteiger partial charge in [-0.1, -0.05) is 37.3 Å². The molecule has 0 atom stereocenters. The van der Waals surface area contributed by atoms with Gasteiger partial charge in [-0.2, -0.15) is 0 Å². The molecule has 0 aliphatic heterocycles. The zero-order chi connectivity index (χ0) is 13.9. The molecule has 0 aliphatic carbocycles. The first-order chi connectivity index (χ1) is 9.81. The second kappa shape index (κ2) is 5.47. The summed E-state index contributed by atoms with van der Waals surface area (Å²) in [7, 11) is 0. The third-order valence-corrected chi connectivity index (χ3v) is 3.44. The summed E-state index contributed by atoms with van der Waals surface area (Å²) in [6.07, 6.45) is 1.68. The minimum atomic E-state index is -0.193. The van der Waals surface area contributed by atoms with Gasteiger partial charge in [-0.05, 0) is 29.6 Å². The minimum absolute atomic E-state index is 0.193. The Kier molecular flexibility index (Phi) is 3.52. The van der Waals surface area contributed by atoms with E-state index in [-0.39, 0.29) is 5.82 Å². The normalized spacial score (nSPS) is 11.1. The Balaban J connectivity index is 2.15. The molecule has 1 heterocycles. The van der Waals surface area contributed by atoms with Crippen molar-refractivity contribution >= 4 is 10.8 Å². The van der Waals surface area contributed by atoms with Gasteiger partial charge in [0, 0.05) is 10.9 Å². The second-order valence-electron chi connectivity index (χ2n) is 4.68. The molecule has 0 saturated carbocycles. The van der Waals surface area contributed by atoms with Crippen molar-refractivity contribution in [3.05, 3.63) is 60.3 Å². The predicted molar refractivity (Wildman–Crippen MR) is 79.0 cm³/mol. The van der Waals surface area contributed by atoms with Gasteiger partial charge in [0.25, 0.3) is 0 Å². The Labute approximate surface area is 117 Å². The first-order valence-corrected chi connectivity index (χ1v) is 6.76. The van der Waals surface area contributed by atoms with Crippen molar-refractivity contribution in [2.75, 3.05) is 6.54 Å². The molecule has 1 N–H and O–H groups in total. The van der Waals surface area contributed by atoms with E-state index in [2.05, 4.69) is 12.2 Å². The summed E-state index contributed by atoms with van der Waals surface area (Å²) in [5.74, 6) is 0.685. The van der Waals surface area contributed by atoms with Gasteiger partial charge in [0.15, 0.2) is 0 Å². The van der Waals surface area contributed by atoms with Crippen LogP contribution < -0.4 is 5.32 Å². The van der Waals surface area contributed by atoms with Crippen LogP contribution in [0.3, 0.4) is 0 Å². The smallest absolute Gasteiger partial charge is 0.131 e. The molecular weight excluding hydrogens is 253 g/mol. The zero-order valence-electron chi connectivity index (χ0n) is 11.3. The van der Waals surface area contributed by atoms with Crippen LogP contribution >= 0.6 is 0 Å². The molecule has 0 saturated heterocycles. The fourth-order valence-electron chi connectivity index (χ4n) is 2.45. The van der Waals surface area contributed by atoms with Crippen LogP contribution in [0.5, 0.6) is 0 Å². The number of hydrogen-bond donors (Lipinski definition) is 1. The highest BCUT2D eigenvalue weighted by Gasteiger charge is 2.12. The molecule has 2 aromatic carbocycles. The number of furan rings is 1. The molecule has 20 heavy (non-hydrogen) atoms. The highest BCUT2D eigenvalue weighted by molar-refractivity contribution is 5.97. The SMILES string of the molecule is CCNCc1occc1-c1ccc(F)c2ccccc12. The van der Waals surface area contributed by atoms with Crippen LogP contribution in [0.15, 0.2) is 53.1 Å².